The molecule has 2 unspecified atom stereocenters. The topological polar surface area (TPSA) is 161 Å². The summed E-state index contributed by atoms with van der Waals surface area (Å²) >= 11 is 12.2. The van der Waals surface area contributed by atoms with Crippen molar-refractivity contribution in [3.63, 3.8) is 0 Å². The van der Waals surface area contributed by atoms with Gasteiger partial charge in [-0.15, -0.1) is 0 Å². The number of nitrogens with two attached hydrogens (primary N) is 1. The second-order valence-corrected chi connectivity index (χ2v) is 21.2. The minimum absolute atomic E-state index is 0.00279. The van der Waals surface area contributed by atoms with Crippen molar-refractivity contribution in [1.29, 1.82) is 0 Å². The van der Waals surface area contributed by atoms with E-state index in [9.17, 15) is 19.2 Å². The van der Waals surface area contributed by atoms with Gasteiger partial charge in [0.05, 0.1) is 12.1 Å². The summed E-state index contributed by atoms with van der Waals surface area (Å²) in [5.41, 5.74) is 9.58. The van der Waals surface area contributed by atoms with Gasteiger partial charge in [0.25, 0.3) is 11.8 Å². The number of benzene rings is 6. The Kier molecular flexibility index (Phi) is 21.5. The van der Waals surface area contributed by atoms with E-state index in [4.69, 9.17) is 28.9 Å². The summed E-state index contributed by atoms with van der Waals surface area (Å²) in [5.74, 6) is 0.575. The van der Waals surface area contributed by atoms with Gasteiger partial charge in [-0.3, -0.25) is 19.2 Å². The minimum atomic E-state index is -0.349. The van der Waals surface area contributed by atoms with E-state index in [0.29, 0.717) is 91.8 Å². The highest BCUT2D eigenvalue weighted by atomic mass is 35.5. The molecule has 8 rings (SSSR count). The number of carbonyl (C=O) groups is 4. The Balaban J connectivity index is 0.000000219. The molecule has 2 aliphatic rings. The van der Waals surface area contributed by atoms with Crippen LogP contribution in [0.5, 0.6) is 0 Å². The molecule has 6 aromatic carbocycles. The van der Waals surface area contributed by atoms with Gasteiger partial charge >= 0.3 is 0 Å². The van der Waals surface area contributed by atoms with Gasteiger partial charge in [-0.2, -0.15) is 0 Å². The minimum Gasteiger partial charge on any atom is -0.350 e. The molecule has 0 spiro atoms. The molecule has 4 amide bonds. The Bertz CT molecular complexity index is 2820. The number of hydrogen-bond donors (Lipinski definition) is 6. The summed E-state index contributed by atoms with van der Waals surface area (Å²) in [5, 5.41) is 21.9. The van der Waals surface area contributed by atoms with Gasteiger partial charge in [-0.1, -0.05) is 136 Å². The van der Waals surface area contributed by atoms with Crippen LogP contribution in [0, 0.1) is 0 Å². The van der Waals surface area contributed by atoms with Crippen molar-refractivity contribution in [3.8, 4) is 0 Å². The molecule has 2 fully saturated rings. The highest BCUT2D eigenvalue weighted by Gasteiger charge is 2.33. The van der Waals surface area contributed by atoms with E-state index in [1.54, 1.807) is 0 Å². The van der Waals surface area contributed by atoms with Crippen LogP contribution in [-0.4, -0.2) is 116 Å². The van der Waals surface area contributed by atoms with Crippen LogP contribution in [0.1, 0.15) is 110 Å². The quantitative estimate of drug-likeness (QED) is 0.0441. The van der Waals surface area contributed by atoms with Crippen LogP contribution in [0.4, 0.5) is 0 Å². The maximum Gasteiger partial charge on any atom is 0.251 e. The zero-order valence-electron chi connectivity index (χ0n) is 44.0. The summed E-state index contributed by atoms with van der Waals surface area (Å²) in [7, 11) is 0. The Hall–Kier alpha value is -5.86. The molecule has 75 heavy (non-hydrogen) atoms. The van der Waals surface area contributed by atoms with E-state index >= 15 is 0 Å². The smallest absolute Gasteiger partial charge is 0.251 e. The number of carbonyl (C=O) groups excluding carboxylic acids is 4. The zero-order valence-corrected chi connectivity index (χ0v) is 45.5. The van der Waals surface area contributed by atoms with Crippen LogP contribution in [-0.2, 0) is 9.59 Å². The lowest BCUT2D eigenvalue weighted by atomic mass is 9.95. The number of amides is 4. The fourth-order valence-electron chi connectivity index (χ4n) is 10.2. The van der Waals surface area contributed by atoms with E-state index in [0.717, 1.165) is 53.8 Å². The highest BCUT2D eigenvalue weighted by Crippen LogP contribution is 2.26. The van der Waals surface area contributed by atoms with E-state index < -0.39 is 0 Å². The molecule has 2 saturated heterocycles. The maximum atomic E-state index is 13.7. The van der Waals surface area contributed by atoms with Crippen LogP contribution < -0.4 is 32.3 Å². The third kappa shape index (κ3) is 16.3. The molecule has 0 bridgehead atoms. The van der Waals surface area contributed by atoms with E-state index in [2.05, 4.69) is 90.7 Å². The average Bonchev–Trinajstić information content (AvgIpc) is 3.67. The largest absolute Gasteiger partial charge is 0.350 e. The van der Waals surface area contributed by atoms with Crippen molar-refractivity contribution < 1.29 is 19.2 Å². The Labute approximate surface area is 453 Å². The van der Waals surface area contributed by atoms with Gasteiger partial charge in [-0.25, -0.2) is 0 Å². The van der Waals surface area contributed by atoms with Crippen molar-refractivity contribution in [2.75, 3.05) is 52.4 Å². The molecule has 0 aromatic heterocycles. The lowest BCUT2D eigenvalue weighted by Crippen LogP contribution is -2.50. The lowest BCUT2D eigenvalue weighted by Gasteiger charge is -2.29. The van der Waals surface area contributed by atoms with Gasteiger partial charge in [0.15, 0.2) is 0 Å². The van der Waals surface area contributed by atoms with Crippen molar-refractivity contribution in [2.45, 2.75) is 108 Å². The standard InChI is InChI=1S/C32H41ClN4O2.C29H35ClN4O2/c1-4-23(24-8-6-5-7-9-24)21-37-17-15-29(36-30(32(37)39)14-16-34-22(2)3)20-35-31(38)27-11-10-26-19-28(33)13-12-25(26)18-27;1-2-20(21-6-4-3-5-7-21)19-34-15-13-26(33-27(12-14-31)29(34)36)18-32-28(35)24-9-8-23-17-25(30)11-10-22(23)16-24/h5-13,18-19,22-23,29-30,34,36H,4,14-17,20-21H2,1-3H3,(H,35,38);3-11,16-17,20,26-27,33H,2,12-15,18-19,31H2,1H3,(H,32,35)/t23?,29-,30-;20?,26-,27-/m00/s1. The Morgan fingerprint density at radius 2 is 1.01 bits per heavy atom. The number of halogens is 2. The normalized spacial score (nSPS) is 19.0. The van der Waals surface area contributed by atoms with Crippen LogP contribution >= 0.6 is 23.2 Å². The molecule has 12 nitrogen and oxygen atoms in total. The predicted molar refractivity (Wildman–Crippen MR) is 307 cm³/mol. The molecule has 14 heteroatoms. The highest BCUT2D eigenvalue weighted by molar-refractivity contribution is 6.31. The van der Waals surface area contributed by atoms with Gasteiger partial charge in [0, 0.05) is 90.4 Å². The SMILES string of the molecule is CCC(CN1CC[C@@H](CNC(=O)c2ccc3cc(Cl)ccc3c2)N[C@@H](CCN)C1=O)c1ccccc1.CCC(CN1CC[C@@H](CNC(=O)c2ccc3cc(Cl)ccc3c2)N[C@@H](CCNC(C)C)C1=O)c1ccccc1. The summed E-state index contributed by atoms with van der Waals surface area (Å²) in [6.07, 6.45) is 4.73. The van der Waals surface area contributed by atoms with Crippen LogP contribution in [0.3, 0.4) is 0 Å². The van der Waals surface area contributed by atoms with Crippen LogP contribution in [0.15, 0.2) is 133 Å². The Morgan fingerprint density at radius 1 is 0.600 bits per heavy atom. The third-order valence-corrected chi connectivity index (χ3v) is 15.1. The number of fused-ring (bicyclic) bond motifs is 2. The summed E-state index contributed by atoms with van der Waals surface area (Å²) in [6, 6.07) is 43.0. The molecule has 0 saturated carbocycles. The van der Waals surface area contributed by atoms with Crippen molar-refractivity contribution in [2.24, 2.45) is 5.73 Å². The number of hydrogen-bond acceptors (Lipinski definition) is 8. The van der Waals surface area contributed by atoms with Crippen LogP contribution in [0.25, 0.3) is 21.5 Å². The first-order valence-electron chi connectivity index (χ1n) is 26.9. The molecular weight excluding hydrogens is 980 g/mol. The summed E-state index contributed by atoms with van der Waals surface area (Å²) < 4.78 is 0. The molecule has 398 valence electrons. The zero-order chi connectivity index (χ0) is 53.3. The van der Waals surface area contributed by atoms with E-state index in [1.807, 2.05) is 107 Å². The molecule has 2 heterocycles. The summed E-state index contributed by atoms with van der Waals surface area (Å²) in [6.45, 7) is 13.3. The van der Waals surface area contributed by atoms with Gasteiger partial charge in [0.2, 0.25) is 11.8 Å². The first-order chi connectivity index (χ1) is 36.3. The summed E-state index contributed by atoms with van der Waals surface area (Å²) in [4.78, 5) is 57.0. The molecule has 0 aliphatic carbocycles. The van der Waals surface area contributed by atoms with Crippen LogP contribution in [0.2, 0.25) is 10.0 Å². The van der Waals surface area contributed by atoms with Crippen molar-refractivity contribution in [3.05, 3.63) is 166 Å². The van der Waals surface area contributed by atoms with E-state index in [-0.39, 0.29) is 53.7 Å². The molecule has 0 radical (unpaired) electrons. The predicted octanol–water partition coefficient (Wildman–Crippen LogP) is 9.69. The lowest BCUT2D eigenvalue weighted by molar-refractivity contribution is -0.133. The first kappa shape index (κ1) is 56.9. The number of nitrogens with one attached hydrogen (secondary N) is 5. The Morgan fingerprint density at radius 3 is 1.43 bits per heavy atom. The molecule has 6 atom stereocenters. The second kappa shape index (κ2) is 28.3. The average molecular weight is 1060 g/mol. The van der Waals surface area contributed by atoms with Gasteiger partial charge in [0.1, 0.15) is 0 Å². The van der Waals surface area contributed by atoms with Gasteiger partial charge < -0.3 is 42.1 Å². The van der Waals surface area contributed by atoms with Crippen molar-refractivity contribution in [1.82, 2.24) is 36.4 Å². The molecule has 2 aliphatic heterocycles. The number of nitrogens with zero attached hydrogens (tertiary/aromatic N) is 2. The molecular formula is C61H76Cl2N8O4. The van der Waals surface area contributed by atoms with E-state index in [1.165, 1.54) is 11.1 Å². The first-order valence-corrected chi connectivity index (χ1v) is 27.7. The molecule has 7 N–H and O–H groups in total. The van der Waals surface area contributed by atoms with Crippen molar-refractivity contribution >= 4 is 68.4 Å². The second-order valence-electron chi connectivity index (χ2n) is 20.3. The fourth-order valence-corrected chi connectivity index (χ4v) is 10.6. The van der Waals surface area contributed by atoms with Gasteiger partial charge in [-0.05, 0) is 133 Å². The monoisotopic (exact) mass is 1050 g/mol. The fraction of sp³-hybridized carbons (Fsp3) is 0.410. The third-order valence-electron chi connectivity index (χ3n) is 14.6. The maximum absolute atomic E-state index is 13.7. The number of rotatable bonds is 20. The molecule has 6 aromatic rings.